The van der Waals surface area contributed by atoms with Crippen LogP contribution in [0.4, 0.5) is 0 Å². The number of benzene rings is 1. The first-order valence-electron chi connectivity index (χ1n) is 5.29. The van der Waals surface area contributed by atoms with E-state index in [9.17, 15) is 0 Å². The molecule has 0 saturated heterocycles. The van der Waals surface area contributed by atoms with Crippen LogP contribution in [0.25, 0.3) is 0 Å². The van der Waals surface area contributed by atoms with Gasteiger partial charge in [-0.25, -0.2) is 0 Å². The smallest absolute Gasteiger partial charge is 0.0451 e. The number of hydrogen-bond acceptors (Lipinski definition) is 1. The van der Waals surface area contributed by atoms with Crippen LogP contribution in [0, 0.1) is 0 Å². The first kappa shape index (κ1) is 12.8. The maximum atomic E-state index is 6.11. The fourth-order valence-corrected chi connectivity index (χ4v) is 2.01. The normalized spacial score (nSPS) is 10.9. The molecule has 15 heavy (non-hydrogen) atoms. The van der Waals surface area contributed by atoms with Crippen LogP contribution in [0.5, 0.6) is 0 Å². The summed E-state index contributed by atoms with van der Waals surface area (Å²) in [6.45, 7) is 5.05. The molecule has 0 radical (unpaired) electrons. The van der Waals surface area contributed by atoms with Gasteiger partial charge in [-0.3, -0.25) is 4.90 Å². The van der Waals surface area contributed by atoms with Gasteiger partial charge in [0, 0.05) is 24.0 Å². The Balaban J connectivity index is 2.60. The van der Waals surface area contributed by atoms with Gasteiger partial charge in [0.1, 0.15) is 0 Å². The van der Waals surface area contributed by atoms with Gasteiger partial charge in [0.2, 0.25) is 0 Å². The summed E-state index contributed by atoms with van der Waals surface area (Å²) in [4.78, 5) is 2.33. The highest BCUT2D eigenvalue weighted by molar-refractivity contribution is 6.31. The van der Waals surface area contributed by atoms with E-state index in [4.69, 9.17) is 23.2 Å². The highest BCUT2D eigenvalue weighted by atomic mass is 35.5. The van der Waals surface area contributed by atoms with Crippen molar-refractivity contribution in [3.8, 4) is 0 Å². The fraction of sp³-hybridized carbons (Fsp3) is 0.500. The average molecular weight is 246 g/mol. The van der Waals surface area contributed by atoms with E-state index in [-0.39, 0.29) is 0 Å². The summed E-state index contributed by atoms with van der Waals surface area (Å²) in [7, 11) is 0. The van der Waals surface area contributed by atoms with E-state index >= 15 is 0 Å². The molecule has 0 atom stereocenters. The van der Waals surface area contributed by atoms with Crippen LogP contribution in [0.3, 0.4) is 0 Å². The van der Waals surface area contributed by atoms with Crippen molar-refractivity contribution in [2.75, 3.05) is 19.0 Å². The summed E-state index contributed by atoms with van der Waals surface area (Å²) >= 11 is 11.9. The van der Waals surface area contributed by atoms with Crippen LogP contribution < -0.4 is 0 Å². The lowest BCUT2D eigenvalue weighted by molar-refractivity contribution is 0.282. The number of alkyl halides is 1. The standard InChI is InChI=1S/C12H17Cl2N/c1-2-8-15(9-7-13)10-11-5-3-4-6-12(11)14/h3-6H,2,7-10H2,1H3. The Hall–Kier alpha value is -0.240. The zero-order valence-corrected chi connectivity index (χ0v) is 10.6. The Bertz CT molecular complexity index is 283. The molecule has 0 fully saturated rings. The summed E-state index contributed by atoms with van der Waals surface area (Å²) in [6, 6.07) is 7.98. The van der Waals surface area contributed by atoms with Gasteiger partial charge in [-0.05, 0) is 24.6 Å². The first-order chi connectivity index (χ1) is 7.27. The lowest BCUT2D eigenvalue weighted by Gasteiger charge is -2.20. The zero-order chi connectivity index (χ0) is 11.1. The van der Waals surface area contributed by atoms with Crippen molar-refractivity contribution in [2.45, 2.75) is 19.9 Å². The van der Waals surface area contributed by atoms with Gasteiger partial charge in [-0.15, -0.1) is 11.6 Å². The van der Waals surface area contributed by atoms with Gasteiger partial charge in [0.25, 0.3) is 0 Å². The summed E-state index contributed by atoms with van der Waals surface area (Å²) in [5.41, 5.74) is 1.18. The predicted molar refractivity (Wildman–Crippen MR) is 67.7 cm³/mol. The van der Waals surface area contributed by atoms with Crippen molar-refractivity contribution in [1.29, 1.82) is 0 Å². The third kappa shape index (κ3) is 4.42. The summed E-state index contributed by atoms with van der Waals surface area (Å²) in [6.07, 6.45) is 1.14. The Morgan fingerprint density at radius 2 is 1.93 bits per heavy atom. The lowest BCUT2D eigenvalue weighted by Crippen LogP contribution is -2.26. The molecule has 1 aromatic rings. The molecule has 0 unspecified atom stereocenters. The maximum Gasteiger partial charge on any atom is 0.0451 e. The third-order valence-electron chi connectivity index (χ3n) is 2.29. The first-order valence-corrected chi connectivity index (χ1v) is 6.21. The molecule has 1 nitrogen and oxygen atoms in total. The lowest BCUT2D eigenvalue weighted by atomic mass is 10.2. The van der Waals surface area contributed by atoms with Crippen molar-refractivity contribution >= 4 is 23.2 Å². The SMILES string of the molecule is CCCN(CCCl)Cc1ccccc1Cl. The quantitative estimate of drug-likeness (QED) is 0.690. The molecule has 0 saturated carbocycles. The van der Waals surface area contributed by atoms with Crippen LogP contribution in [0.15, 0.2) is 24.3 Å². The highest BCUT2D eigenvalue weighted by Crippen LogP contribution is 2.17. The maximum absolute atomic E-state index is 6.11. The summed E-state index contributed by atoms with van der Waals surface area (Å²) < 4.78 is 0. The van der Waals surface area contributed by atoms with E-state index in [1.807, 2.05) is 18.2 Å². The molecule has 0 bridgehead atoms. The van der Waals surface area contributed by atoms with Gasteiger partial charge in [-0.1, -0.05) is 36.7 Å². The van der Waals surface area contributed by atoms with E-state index in [0.717, 1.165) is 31.1 Å². The van der Waals surface area contributed by atoms with Crippen molar-refractivity contribution < 1.29 is 0 Å². The molecule has 0 aliphatic heterocycles. The molecule has 0 aliphatic carbocycles. The molecule has 0 aliphatic rings. The number of hydrogen-bond donors (Lipinski definition) is 0. The Morgan fingerprint density at radius 1 is 1.20 bits per heavy atom. The van der Waals surface area contributed by atoms with Gasteiger partial charge in [-0.2, -0.15) is 0 Å². The predicted octanol–water partition coefficient (Wildman–Crippen LogP) is 3.79. The van der Waals surface area contributed by atoms with Gasteiger partial charge < -0.3 is 0 Å². The highest BCUT2D eigenvalue weighted by Gasteiger charge is 2.06. The van der Waals surface area contributed by atoms with Gasteiger partial charge in [0.15, 0.2) is 0 Å². The largest absolute Gasteiger partial charge is 0.298 e. The molecule has 1 rings (SSSR count). The van der Waals surface area contributed by atoms with Gasteiger partial charge >= 0.3 is 0 Å². The van der Waals surface area contributed by atoms with E-state index in [2.05, 4.69) is 17.9 Å². The van der Waals surface area contributed by atoms with E-state index in [1.54, 1.807) is 0 Å². The molecule has 0 aromatic heterocycles. The van der Waals surface area contributed by atoms with E-state index in [0.29, 0.717) is 5.88 Å². The Morgan fingerprint density at radius 3 is 2.53 bits per heavy atom. The number of nitrogens with zero attached hydrogens (tertiary/aromatic N) is 1. The zero-order valence-electron chi connectivity index (χ0n) is 9.05. The summed E-state index contributed by atoms with van der Waals surface area (Å²) in [5, 5.41) is 0.841. The molecule has 0 heterocycles. The number of halogens is 2. The minimum Gasteiger partial charge on any atom is -0.298 e. The van der Waals surface area contributed by atoms with Crippen molar-refractivity contribution in [2.24, 2.45) is 0 Å². The Labute approximate surface area is 102 Å². The van der Waals surface area contributed by atoms with Crippen LogP contribution in [-0.2, 0) is 6.54 Å². The fourth-order valence-electron chi connectivity index (χ4n) is 1.57. The third-order valence-corrected chi connectivity index (χ3v) is 2.83. The molecule has 0 N–H and O–H groups in total. The van der Waals surface area contributed by atoms with Crippen molar-refractivity contribution in [3.05, 3.63) is 34.9 Å². The molecular formula is C12H17Cl2N. The van der Waals surface area contributed by atoms with Crippen LogP contribution >= 0.6 is 23.2 Å². The molecule has 1 aromatic carbocycles. The second-order valence-corrected chi connectivity index (χ2v) is 4.34. The molecule has 0 spiro atoms. The molecular weight excluding hydrogens is 229 g/mol. The number of rotatable bonds is 6. The van der Waals surface area contributed by atoms with Gasteiger partial charge in [0.05, 0.1) is 0 Å². The second-order valence-electron chi connectivity index (χ2n) is 3.56. The van der Waals surface area contributed by atoms with Crippen molar-refractivity contribution in [1.82, 2.24) is 4.90 Å². The minimum absolute atomic E-state index is 0.671. The van der Waals surface area contributed by atoms with Crippen LogP contribution in [0.2, 0.25) is 5.02 Å². The average Bonchev–Trinajstić information content (AvgIpc) is 2.22. The minimum atomic E-state index is 0.671. The molecule has 3 heteroatoms. The monoisotopic (exact) mass is 245 g/mol. The van der Waals surface area contributed by atoms with Crippen molar-refractivity contribution in [3.63, 3.8) is 0 Å². The summed E-state index contributed by atoms with van der Waals surface area (Å²) in [5.74, 6) is 0.671. The topological polar surface area (TPSA) is 3.24 Å². The van der Waals surface area contributed by atoms with Crippen LogP contribution in [0.1, 0.15) is 18.9 Å². The van der Waals surface area contributed by atoms with E-state index in [1.165, 1.54) is 5.56 Å². The Kier molecular flexibility index (Phi) is 6.07. The van der Waals surface area contributed by atoms with E-state index < -0.39 is 0 Å². The molecule has 84 valence electrons. The second kappa shape index (κ2) is 7.10. The van der Waals surface area contributed by atoms with Crippen LogP contribution in [-0.4, -0.2) is 23.9 Å². The molecule has 0 amide bonds.